The van der Waals surface area contributed by atoms with Crippen LogP contribution in [-0.4, -0.2) is 10.8 Å². The maximum atomic E-state index is 9.11. The summed E-state index contributed by atoms with van der Waals surface area (Å²) in [4.78, 5) is 4.56. The molecule has 0 saturated heterocycles. The van der Waals surface area contributed by atoms with Crippen LogP contribution in [0.15, 0.2) is 29.3 Å². The molecule has 0 aromatic heterocycles. The SMILES string of the molecule is Oc1ccc(N=C2CCCCC2)cc1. The highest BCUT2D eigenvalue weighted by molar-refractivity contribution is 5.87. The lowest BCUT2D eigenvalue weighted by molar-refractivity contribution is 0.475. The van der Waals surface area contributed by atoms with Crippen LogP contribution in [-0.2, 0) is 0 Å². The number of phenols is 1. The molecule has 2 heteroatoms. The maximum Gasteiger partial charge on any atom is 0.115 e. The van der Waals surface area contributed by atoms with E-state index < -0.39 is 0 Å². The third-order valence-electron chi connectivity index (χ3n) is 2.57. The Balaban J connectivity index is 2.11. The van der Waals surface area contributed by atoms with Gasteiger partial charge in [0, 0.05) is 5.71 Å². The second kappa shape index (κ2) is 4.27. The molecule has 0 spiro atoms. The minimum atomic E-state index is 0.303. The first-order chi connectivity index (χ1) is 6.84. The van der Waals surface area contributed by atoms with Gasteiger partial charge < -0.3 is 5.11 Å². The molecule has 0 aliphatic heterocycles. The Morgan fingerprint density at radius 2 is 1.57 bits per heavy atom. The molecule has 2 rings (SSSR count). The van der Waals surface area contributed by atoms with Crippen molar-refractivity contribution in [3.05, 3.63) is 24.3 Å². The van der Waals surface area contributed by atoms with Gasteiger partial charge in [0.05, 0.1) is 5.69 Å². The van der Waals surface area contributed by atoms with E-state index in [-0.39, 0.29) is 0 Å². The molecule has 0 unspecified atom stereocenters. The van der Waals surface area contributed by atoms with Crippen LogP contribution in [0.25, 0.3) is 0 Å². The van der Waals surface area contributed by atoms with Gasteiger partial charge in [-0.3, -0.25) is 4.99 Å². The average molecular weight is 189 g/mol. The quantitative estimate of drug-likeness (QED) is 0.721. The molecule has 1 aromatic rings. The highest BCUT2D eigenvalue weighted by Gasteiger charge is 2.06. The summed E-state index contributed by atoms with van der Waals surface area (Å²) in [5.41, 5.74) is 2.27. The van der Waals surface area contributed by atoms with Gasteiger partial charge in [-0.15, -0.1) is 0 Å². The zero-order chi connectivity index (χ0) is 9.80. The summed E-state index contributed by atoms with van der Waals surface area (Å²) in [5.74, 6) is 0.303. The fourth-order valence-electron chi connectivity index (χ4n) is 1.78. The number of benzene rings is 1. The van der Waals surface area contributed by atoms with E-state index in [1.807, 2.05) is 12.1 Å². The van der Waals surface area contributed by atoms with Gasteiger partial charge in [0.1, 0.15) is 5.75 Å². The average Bonchev–Trinajstić information content (AvgIpc) is 2.23. The van der Waals surface area contributed by atoms with E-state index >= 15 is 0 Å². The number of aromatic hydroxyl groups is 1. The number of phenolic OH excluding ortho intramolecular Hbond substituents is 1. The molecule has 1 fully saturated rings. The zero-order valence-corrected chi connectivity index (χ0v) is 8.24. The Hall–Kier alpha value is -1.31. The van der Waals surface area contributed by atoms with Crippen molar-refractivity contribution in [1.82, 2.24) is 0 Å². The number of aliphatic imine (C=N–C) groups is 1. The standard InChI is InChI=1S/C12H15NO/c14-12-8-6-11(7-9-12)13-10-4-2-1-3-5-10/h6-9,14H,1-5H2. The normalized spacial score (nSPS) is 16.7. The van der Waals surface area contributed by atoms with E-state index in [0.717, 1.165) is 18.5 Å². The van der Waals surface area contributed by atoms with Gasteiger partial charge in [-0.25, -0.2) is 0 Å². The Labute approximate surface area is 84.3 Å². The lowest BCUT2D eigenvalue weighted by atomic mass is 9.98. The minimum absolute atomic E-state index is 0.303. The van der Waals surface area contributed by atoms with E-state index in [1.165, 1.54) is 25.0 Å². The molecule has 0 atom stereocenters. The molecule has 0 amide bonds. The fourth-order valence-corrected chi connectivity index (χ4v) is 1.78. The number of hydrogen-bond donors (Lipinski definition) is 1. The molecule has 0 heterocycles. The van der Waals surface area contributed by atoms with Crippen molar-refractivity contribution in [2.24, 2.45) is 4.99 Å². The first-order valence-electron chi connectivity index (χ1n) is 5.20. The fraction of sp³-hybridized carbons (Fsp3) is 0.417. The summed E-state index contributed by atoms with van der Waals surface area (Å²) in [6.07, 6.45) is 6.17. The largest absolute Gasteiger partial charge is 0.508 e. The Bertz CT molecular complexity index is 319. The lowest BCUT2D eigenvalue weighted by Crippen LogP contribution is -2.03. The van der Waals surface area contributed by atoms with Crippen molar-refractivity contribution in [3.63, 3.8) is 0 Å². The Kier molecular flexibility index (Phi) is 2.82. The van der Waals surface area contributed by atoms with Crippen LogP contribution in [0.4, 0.5) is 5.69 Å². The van der Waals surface area contributed by atoms with Crippen molar-refractivity contribution in [2.45, 2.75) is 32.1 Å². The molecule has 74 valence electrons. The zero-order valence-electron chi connectivity index (χ0n) is 8.24. The van der Waals surface area contributed by atoms with Crippen molar-refractivity contribution in [3.8, 4) is 5.75 Å². The van der Waals surface area contributed by atoms with Crippen LogP contribution in [0.2, 0.25) is 0 Å². The number of rotatable bonds is 1. The van der Waals surface area contributed by atoms with Crippen LogP contribution in [0, 0.1) is 0 Å². The number of nitrogens with zero attached hydrogens (tertiary/aromatic N) is 1. The number of hydrogen-bond acceptors (Lipinski definition) is 2. The third kappa shape index (κ3) is 2.34. The summed E-state index contributed by atoms with van der Waals surface area (Å²) in [5, 5.41) is 9.11. The van der Waals surface area contributed by atoms with Gasteiger partial charge in [-0.1, -0.05) is 6.42 Å². The van der Waals surface area contributed by atoms with Gasteiger partial charge in [0.25, 0.3) is 0 Å². The highest BCUT2D eigenvalue weighted by atomic mass is 16.3. The van der Waals surface area contributed by atoms with Crippen LogP contribution in [0.5, 0.6) is 5.75 Å². The Morgan fingerprint density at radius 1 is 0.929 bits per heavy atom. The molecule has 14 heavy (non-hydrogen) atoms. The predicted molar refractivity (Wildman–Crippen MR) is 58.3 cm³/mol. The molecular weight excluding hydrogens is 174 g/mol. The van der Waals surface area contributed by atoms with Crippen LogP contribution in [0.3, 0.4) is 0 Å². The second-order valence-electron chi connectivity index (χ2n) is 3.76. The Morgan fingerprint density at radius 3 is 2.21 bits per heavy atom. The smallest absolute Gasteiger partial charge is 0.115 e. The first kappa shape index (κ1) is 9.25. The first-order valence-corrected chi connectivity index (χ1v) is 5.20. The van der Waals surface area contributed by atoms with E-state index in [1.54, 1.807) is 12.1 Å². The summed E-state index contributed by atoms with van der Waals surface area (Å²) in [6.45, 7) is 0. The monoisotopic (exact) mass is 189 g/mol. The van der Waals surface area contributed by atoms with Crippen molar-refractivity contribution in [2.75, 3.05) is 0 Å². The van der Waals surface area contributed by atoms with Crippen molar-refractivity contribution in [1.29, 1.82) is 0 Å². The van der Waals surface area contributed by atoms with Crippen molar-refractivity contribution >= 4 is 11.4 Å². The van der Waals surface area contributed by atoms with E-state index in [9.17, 15) is 0 Å². The van der Waals surface area contributed by atoms with Gasteiger partial charge in [0.15, 0.2) is 0 Å². The second-order valence-corrected chi connectivity index (χ2v) is 3.76. The van der Waals surface area contributed by atoms with E-state index in [4.69, 9.17) is 5.11 Å². The molecule has 1 aliphatic rings. The molecule has 1 saturated carbocycles. The van der Waals surface area contributed by atoms with Gasteiger partial charge >= 0.3 is 0 Å². The van der Waals surface area contributed by atoms with E-state index in [0.29, 0.717) is 5.75 Å². The van der Waals surface area contributed by atoms with Gasteiger partial charge in [-0.05, 0) is 49.9 Å². The van der Waals surface area contributed by atoms with Crippen molar-refractivity contribution < 1.29 is 5.11 Å². The van der Waals surface area contributed by atoms with E-state index in [2.05, 4.69) is 4.99 Å². The maximum absolute atomic E-state index is 9.11. The summed E-state index contributed by atoms with van der Waals surface area (Å²) >= 11 is 0. The van der Waals surface area contributed by atoms with Crippen LogP contribution >= 0.6 is 0 Å². The predicted octanol–water partition coefficient (Wildman–Crippen LogP) is 3.43. The van der Waals surface area contributed by atoms with Gasteiger partial charge in [-0.2, -0.15) is 0 Å². The van der Waals surface area contributed by atoms with Crippen LogP contribution < -0.4 is 0 Å². The molecule has 0 radical (unpaired) electrons. The molecule has 1 N–H and O–H groups in total. The molecule has 1 aliphatic carbocycles. The lowest BCUT2D eigenvalue weighted by Gasteiger charge is -2.11. The molecule has 2 nitrogen and oxygen atoms in total. The van der Waals surface area contributed by atoms with Crippen LogP contribution in [0.1, 0.15) is 32.1 Å². The van der Waals surface area contributed by atoms with Gasteiger partial charge in [0.2, 0.25) is 0 Å². The molecular formula is C12H15NO. The summed E-state index contributed by atoms with van der Waals surface area (Å²) in [7, 11) is 0. The minimum Gasteiger partial charge on any atom is -0.508 e. The topological polar surface area (TPSA) is 32.6 Å². The molecule has 0 bridgehead atoms. The highest BCUT2D eigenvalue weighted by Crippen LogP contribution is 2.21. The summed E-state index contributed by atoms with van der Waals surface area (Å²) < 4.78 is 0. The molecule has 1 aromatic carbocycles. The summed E-state index contributed by atoms with van der Waals surface area (Å²) in [6, 6.07) is 7.08. The third-order valence-corrected chi connectivity index (χ3v) is 2.57.